The SMILES string of the molecule is CC(NC(=O)c1cccc(S(=O)(=O)N2CCNC(=O)C2)c1)c1ccc(F)c(F)c1. The van der Waals surface area contributed by atoms with Gasteiger partial charge in [0, 0.05) is 18.7 Å². The molecule has 0 saturated carbocycles. The zero-order valence-electron chi connectivity index (χ0n) is 15.5. The van der Waals surface area contributed by atoms with Crippen LogP contribution in [0, 0.1) is 11.6 Å². The second-order valence-corrected chi connectivity index (χ2v) is 8.52. The molecule has 1 atom stereocenters. The lowest BCUT2D eigenvalue weighted by Gasteiger charge is -2.26. The summed E-state index contributed by atoms with van der Waals surface area (Å²) in [5.74, 6) is -2.98. The van der Waals surface area contributed by atoms with E-state index >= 15 is 0 Å². The normalized spacial score (nSPS) is 16.2. The standard InChI is InChI=1S/C19H19F2N3O4S/c1-12(13-5-6-16(20)17(21)10-13)23-19(26)14-3-2-4-15(9-14)29(27,28)24-8-7-22-18(25)11-24/h2-6,9-10,12H,7-8,11H2,1H3,(H,22,25)(H,23,26). The molecule has 0 aliphatic carbocycles. The Bertz CT molecular complexity index is 1060. The van der Waals surface area contributed by atoms with Gasteiger partial charge in [-0.3, -0.25) is 9.59 Å². The molecule has 1 saturated heterocycles. The maximum Gasteiger partial charge on any atom is 0.251 e. The van der Waals surface area contributed by atoms with Crippen LogP contribution in [-0.4, -0.2) is 44.2 Å². The molecule has 154 valence electrons. The van der Waals surface area contributed by atoms with Crippen LogP contribution in [-0.2, 0) is 14.8 Å². The Kier molecular flexibility index (Phi) is 5.94. The number of sulfonamides is 1. The second kappa shape index (κ2) is 8.26. The van der Waals surface area contributed by atoms with Crippen molar-refractivity contribution in [2.75, 3.05) is 19.6 Å². The highest BCUT2D eigenvalue weighted by molar-refractivity contribution is 7.89. The largest absolute Gasteiger partial charge is 0.354 e. The molecule has 2 amide bonds. The van der Waals surface area contributed by atoms with E-state index in [0.717, 1.165) is 16.4 Å². The number of hydrogen-bond donors (Lipinski definition) is 2. The molecule has 7 nitrogen and oxygen atoms in total. The summed E-state index contributed by atoms with van der Waals surface area (Å²) in [7, 11) is -3.94. The minimum absolute atomic E-state index is 0.0852. The summed E-state index contributed by atoms with van der Waals surface area (Å²) in [6.45, 7) is 1.66. The monoisotopic (exact) mass is 423 g/mol. The fourth-order valence-corrected chi connectivity index (χ4v) is 4.36. The topological polar surface area (TPSA) is 95.6 Å². The van der Waals surface area contributed by atoms with Gasteiger partial charge in [0.25, 0.3) is 5.91 Å². The zero-order chi connectivity index (χ0) is 21.2. The van der Waals surface area contributed by atoms with Gasteiger partial charge in [-0.25, -0.2) is 17.2 Å². The molecule has 0 radical (unpaired) electrons. The molecule has 2 aromatic rings. The fourth-order valence-electron chi connectivity index (χ4n) is 2.91. The number of hydrogen-bond acceptors (Lipinski definition) is 4. The number of benzene rings is 2. The third-order valence-electron chi connectivity index (χ3n) is 4.53. The van der Waals surface area contributed by atoms with Crippen LogP contribution in [0.25, 0.3) is 0 Å². The van der Waals surface area contributed by atoms with Crippen molar-refractivity contribution >= 4 is 21.8 Å². The van der Waals surface area contributed by atoms with Gasteiger partial charge in [-0.05, 0) is 42.8 Å². The molecule has 10 heteroatoms. The lowest BCUT2D eigenvalue weighted by molar-refractivity contribution is -0.122. The van der Waals surface area contributed by atoms with Gasteiger partial charge in [0.05, 0.1) is 17.5 Å². The molecular formula is C19H19F2N3O4S. The summed E-state index contributed by atoms with van der Waals surface area (Å²) in [5.41, 5.74) is 0.447. The maximum atomic E-state index is 13.4. The summed E-state index contributed by atoms with van der Waals surface area (Å²) in [6, 6.07) is 8.10. The van der Waals surface area contributed by atoms with Crippen LogP contribution in [0.2, 0.25) is 0 Å². The third kappa shape index (κ3) is 4.60. The first-order valence-corrected chi connectivity index (χ1v) is 10.2. The molecule has 0 spiro atoms. The fraction of sp³-hybridized carbons (Fsp3) is 0.263. The number of nitrogens with one attached hydrogen (secondary N) is 2. The molecule has 1 aliphatic rings. The Balaban J connectivity index is 1.78. The lowest BCUT2D eigenvalue weighted by Crippen LogP contribution is -2.49. The molecule has 1 fully saturated rings. The predicted molar refractivity (Wildman–Crippen MR) is 100 cm³/mol. The highest BCUT2D eigenvalue weighted by atomic mass is 32.2. The van der Waals surface area contributed by atoms with Crippen molar-refractivity contribution in [1.29, 1.82) is 0 Å². The molecular weight excluding hydrogens is 404 g/mol. The van der Waals surface area contributed by atoms with Crippen LogP contribution in [0.5, 0.6) is 0 Å². The first-order valence-electron chi connectivity index (χ1n) is 8.81. The minimum Gasteiger partial charge on any atom is -0.354 e. The predicted octanol–water partition coefficient (Wildman–Crippen LogP) is 1.58. The van der Waals surface area contributed by atoms with Crippen LogP contribution in [0.1, 0.15) is 28.9 Å². The van der Waals surface area contributed by atoms with Crippen molar-refractivity contribution in [2.24, 2.45) is 0 Å². The van der Waals surface area contributed by atoms with Gasteiger partial charge in [0.2, 0.25) is 15.9 Å². The second-order valence-electron chi connectivity index (χ2n) is 6.59. The first-order chi connectivity index (χ1) is 13.7. The molecule has 1 aliphatic heterocycles. The van der Waals surface area contributed by atoms with Gasteiger partial charge in [-0.2, -0.15) is 4.31 Å². The quantitative estimate of drug-likeness (QED) is 0.763. The maximum absolute atomic E-state index is 13.4. The van der Waals surface area contributed by atoms with E-state index in [2.05, 4.69) is 10.6 Å². The highest BCUT2D eigenvalue weighted by Gasteiger charge is 2.29. The van der Waals surface area contributed by atoms with Gasteiger partial charge in [-0.15, -0.1) is 0 Å². The first kappa shape index (κ1) is 20.9. The van der Waals surface area contributed by atoms with Crippen molar-refractivity contribution in [3.63, 3.8) is 0 Å². The number of nitrogens with zero attached hydrogens (tertiary/aromatic N) is 1. The van der Waals surface area contributed by atoms with E-state index in [1.165, 1.54) is 30.3 Å². The van der Waals surface area contributed by atoms with E-state index in [9.17, 15) is 26.8 Å². The average Bonchev–Trinajstić information content (AvgIpc) is 2.70. The van der Waals surface area contributed by atoms with Gasteiger partial charge in [0.1, 0.15) is 0 Å². The van der Waals surface area contributed by atoms with E-state index in [-0.39, 0.29) is 30.1 Å². The molecule has 1 unspecified atom stereocenters. The summed E-state index contributed by atoms with van der Waals surface area (Å²) in [4.78, 5) is 23.9. The molecule has 2 aromatic carbocycles. The van der Waals surface area contributed by atoms with E-state index in [4.69, 9.17) is 0 Å². The number of rotatable bonds is 5. The van der Waals surface area contributed by atoms with Crippen molar-refractivity contribution < 1.29 is 26.8 Å². The molecule has 2 N–H and O–H groups in total. The Morgan fingerprint density at radius 3 is 2.62 bits per heavy atom. The van der Waals surface area contributed by atoms with Crippen LogP contribution < -0.4 is 10.6 Å². The van der Waals surface area contributed by atoms with E-state index in [1.54, 1.807) is 6.92 Å². The summed E-state index contributed by atoms with van der Waals surface area (Å²) < 4.78 is 53.0. The van der Waals surface area contributed by atoms with Crippen LogP contribution in [0.4, 0.5) is 8.78 Å². The molecule has 0 bridgehead atoms. The summed E-state index contributed by atoms with van der Waals surface area (Å²) >= 11 is 0. The highest BCUT2D eigenvalue weighted by Crippen LogP contribution is 2.20. The Morgan fingerprint density at radius 1 is 1.17 bits per heavy atom. The zero-order valence-corrected chi connectivity index (χ0v) is 16.3. The average molecular weight is 423 g/mol. The number of piperazine rings is 1. The van der Waals surface area contributed by atoms with Crippen LogP contribution in [0.15, 0.2) is 47.4 Å². The summed E-state index contributed by atoms with van der Waals surface area (Å²) in [6.07, 6.45) is 0. The van der Waals surface area contributed by atoms with Crippen molar-refractivity contribution in [3.8, 4) is 0 Å². The van der Waals surface area contributed by atoms with Crippen molar-refractivity contribution in [2.45, 2.75) is 17.9 Å². The molecule has 3 rings (SSSR count). The Morgan fingerprint density at radius 2 is 1.93 bits per heavy atom. The van der Waals surface area contributed by atoms with Crippen LogP contribution in [0.3, 0.4) is 0 Å². The number of carbonyl (C=O) groups excluding carboxylic acids is 2. The molecule has 1 heterocycles. The van der Waals surface area contributed by atoms with Gasteiger partial charge in [0.15, 0.2) is 11.6 Å². The van der Waals surface area contributed by atoms with Gasteiger partial charge >= 0.3 is 0 Å². The number of halogens is 2. The summed E-state index contributed by atoms with van der Waals surface area (Å²) in [5, 5.41) is 5.17. The minimum atomic E-state index is -3.94. The Hall–Kier alpha value is -2.85. The van der Waals surface area contributed by atoms with Crippen molar-refractivity contribution in [1.82, 2.24) is 14.9 Å². The Labute approximate surface area is 166 Å². The van der Waals surface area contributed by atoms with E-state index in [0.29, 0.717) is 5.56 Å². The number of carbonyl (C=O) groups is 2. The van der Waals surface area contributed by atoms with Gasteiger partial charge in [-0.1, -0.05) is 12.1 Å². The lowest BCUT2D eigenvalue weighted by atomic mass is 10.1. The third-order valence-corrected chi connectivity index (χ3v) is 6.37. The van der Waals surface area contributed by atoms with Crippen LogP contribution >= 0.6 is 0 Å². The van der Waals surface area contributed by atoms with Gasteiger partial charge < -0.3 is 10.6 Å². The van der Waals surface area contributed by atoms with E-state index in [1.807, 2.05) is 0 Å². The van der Waals surface area contributed by atoms with Crippen molar-refractivity contribution in [3.05, 3.63) is 65.2 Å². The smallest absolute Gasteiger partial charge is 0.251 e. The number of amides is 2. The van der Waals surface area contributed by atoms with E-state index < -0.39 is 39.5 Å². The molecule has 0 aromatic heterocycles. The molecule has 29 heavy (non-hydrogen) atoms.